The lowest BCUT2D eigenvalue weighted by atomic mass is 10.2. The molecule has 12 heavy (non-hydrogen) atoms. The van der Waals surface area contributed by atoms with Crippen molar-refractivity contribution in [2.24, 2.45) is 5.14 Å². The lowest BCUT2D eigenvalue weighted by Crippen LogP contribution is -1.81. The minimum Gasteiger partial charge on any atom is -0.274 e. The van der Waals surface area contributed by atoms with E-state index >= 15 is 0 Å². The highest BCUT2D eigenvalue weighted by Gasteiger charge is 1.88. The molecule has 0 rings (SSSR count). The van der Waals surface area contributed by atoms with Gasteiger partial charge in [0, 0.05) is 0 Å². The lowest BCUT2D eigenvalue weighted by molar-refractivity contribution is 1.45. The Balaban J connectivity index is 0. The quantitative estimate of drug-likeness (QED) is 0.536. The molecule has 0 saturated heterocycles. The van der Waals surface area contributed by atoms with Crippen LogP contribution in [0.1, 0.15) is 27.7 Å². The molecule has 2 heteroatoms. The van der Waals surface area contributed by atoms with Crippen molar-refractivity contribution in [3.8, 4) is 0 Å². The molecule has 1 nitrogen and oxygen atoms in total. The van der Waals surface area contributed by atoms with Gasteiger partial charge in [-0.1, -0.05) is 50.6 Å². The molecule has 0 aliphatic carbocycles. The molecule has 0 fully saturated rings. The molecule has 0 unspecified atom stereocenters. The van der Waals surface area contributed by atoms with E-state index in [2.05, 4.69) is 6.58 Å². The third kappa shape index (κ3) is 7.63. The molecule has 0 aromatic rings. The molecule has 0 saturated carbocycles. The molecule has 0 bridgehead atoms. The summed E-state index contributed by atoms with van der Waals surface area (Å²) in [7, 11) is 0. The summed E-state index contributed by atoms with van der Waals surface area (Å²) in [5.41, 5.74) is 1.19. The molecule has 0 aliphatic heterocycles. The van der Waals surface area contributed by atoms with Crippen LogP contribution in [0.5, 0.6) is 0 Å². The Hall–Kier alpha value is -0.470. The van der Waals surface area contributed by atoms with Crippen LogP contribution < -0.4 is 5.14 Å². The van der Waals surface area contributed by atoms with Gasteiger partial charge in [-0.3, -0.25) is 5.14 Å². The Labute approximate surface area is 80.6 Å². The number of rotatable bonds is 3. The van der Waals surface area contributed by atoms with Crippen LogP contribution in [-0.2, 0) is 0 Å². The van der Waals surface area contributed by atoms with Crippen molar-refractivity contribution in [3.63, 3.8) is 0 Å². The van der Waals surface area contributed by atoms with Crippen LogP contribution in [0.2, 0.25) is 0 Å². The minimum absolute atomic E-state index is 1.14. The van der Waals surface area contributed by atoms with Crippen LogP contribution in [0.3, 0.4) is 0 Å². The molecule has 0 aromatic heterocycles. The van der Waals surface area contributed by atoms with Gasteiger partial charge in [0.15, 0.2) is 0 Å². The number of hydrogen-bond acceptors (Lipinski definition) is 2. The van der Waals surface area contributed by atoms with Crippen LogP contribution >= 0.6 is 11.9 Å². The van der Waals surface area contributed by atoms with Crippen molar-refractivity contribution < 1.29 is 0 Å². The molecule has 0 spiro atoms. The zero-order valence-electron chi connectivity index (χ0n) is 8.42. The van der Waals surface area contributed by atoms with Gasteiger partial charge >= 0.3 is 0 Å². The second-order valence-electron chi connectivity index (χ2n) is 1.95. The zero-order chi connectivity index (χ0) is 9.98. The van der Waals surface area contributed by atoms with Crippen molar-refractivity contribution in [1.82, 2.24) is 0 Å². The largest absolute Gasteiger partial charge is 0.274 e. The summed E-state index contributed by atoms with van der Waals surface area (Å²) >= 11 is 1.28. The molecule has 0 aromatic carbocycles. The van der Waals surface area contributed by atoms with Gasteiger partial charge in [-0.25, -0.2) is 0 Å². The first-order chi connectivity index (χ1) is 5.72. The Bertz CT molecular complexity index is 169. The van der Waals surface area contributed by atoms with Crippen molar-refractivity contribution in [2.75, 3.05) is 0 Å². The zero-order valence-corrected chi connectivity index (χ0v) is 9.24. The number of hydrogen-bond donors (Lipinski definition) is 1. The average Bonchev–Trinajstić information content (AvgIpc) is 2.16. The predicted octanol–water partition coefficient (Wildman–Crippen LogP) is 3.66. The highest BCUT2D eigenvalue weighted by atomic mass is 32.2. The molecular weight excluding hydrogens is 166 g/mol. The van der Waals surface area contributed by atoms with Crippen LogP contribution in [0, 0.1) is 0 Å². The van der Waals surface area contributed by atoms with Gasteiger partial charge in [0.25, 0.3) is 0 Å². The van der Waals surface area contributed by atoms with Crippen molar-refractivity contribution >= 4 is 11.9 Å². The number of nitrogens with two attached hydrogens (primary N) is 1. The first-order valence-electron chi connectivity index (χ1n) is 4.05. The van der Waals surface area contributed by atoms with Gasteiger partial charge in [0.1, 0.15) is 0 Å². The number of allylic oxidation sites excluding steroid dienone is 5. The molecule has 0 heterocycles. The monoisotopic (exact) mass is 185 g/mol. The first-order valence-corrected chi connectivity index (χ1v) is 4.93. The van der Waals surface area contributed by atoms with Crippen LogP contribution in [0.15, 0.2) is 35.3 Å². The van der Waals surface area contributed by atoms with Crippen molar-refractivity contribution in [1.29, 1.82) is 0 Å². The van der Waals surface area contributed by atoms with Crippen molar-refractivity contribution in [3.05, 3.63) is 35.3 Å². The fourth-order valence-electron chi connectivity index (χ4n) is 0.423. The molecule has 0 radical (unpaired) electrons. The van der Waals surface area contributed by atoms with Crippen LogP contribution in [0.25, 0.3) is 0 Å². The third-order valence-corrected chi connectivity index (χ3v) is 1.89. The van der Waals surface area contributed by atoms with Gasteiger partial charge in [-0.2, -0.15) is 0 Å². The summed E-state index contributed by atoms with van der Waals surface area (Å²) in [4.78, 5) is 1.14. The third-order valence-electron chi connectivity index (χ3n) is 1.21. The lowest BCUT2D eigenvalue weighted by Gasteiger charge is -1.96. The Kier molecular flexibility index (Phi) is 12.4. The summed E-state index contributed by atoms with van der Waals surface area (Å²) in [5.74, 6) is 0. The van der Waals surface area contributed by atoms with Gasteiger partial charge in [0.05, 0.1) is 0 Å². The maximum Gasteiger partial charge on any atom is -0.0000805 e. The normalized spacial score (nSPS) is 11.8. The van der Waals surface area contributed by atoms with E-state index in [1.54, 1.807) is 6.08 Å². The van der Waals surface area contributed by atoms with E-state index in [1.165, 1.54) is 17.5 Å². The first kappa shape index (κ1) is 14.1. The highest BCUT2D eigenvalue weighted by molar-refractivity contribution is 8.00. The summed E-state index contributed by atoms with van der Waals surface area (Å²) in [6.07, 6.45) is 5.63. The second kappa shape index (κ2) is 10.5. The highest BCUT2D eigenvalue weighted by Crippen LogP contribution is 2.13. The summed E-state index contributed by atoms with van der Waals surface area (Å²) < 4.78 is 0. The Morgan fingerprint density at radius 3 is 2.17 bits per heavy atom. The SMILES string of the molecule is C=C/C=C\C(C)=C(/C)SN.CC. The summed E-state index contributed by atoms with van der Waals surface area (Å²) in [5, 5.41) is 5.34. The molecule has 70 valence electrons. The Morgan fingerprint density at radius 2 is 1.83 bits per heavy atom. The van der Waals surface area contributed by atoms with E-state index in [9.17, 15) is 0 Å². The van der Waals surface area contributed by atoms with Crippen molar-refractivity contribution in [2.45, 2.75) is 27.7 Å². The fraction of sp³-hybridized carbons (Fsp3) is 0.400. The van der Waals surface area contributed by atoms with Gasteiger partial charge in [-0.15, -0.1) is 0 Å². The van der Waals surface area contributed by atoms with E-state index in [0.29, 0.717) is 0 Å². The van der Waals surface area contributed by atoms with E-state index < -0.39 is 0 Å². The predicted molar refractivity (Wildman–Crippen MR) is 60.8 cm³/mol. The van der Waals surface area contributed by atoms with E-state index in [4.69, 9.17) is 5.14 Å². The van der Waals surface area contributed by atoms with E-state index in [1.807, 2.05) is 39.8 Å². The average molecular weight is 185 g/mol. The molecule has 0 aliphatic rings. The summed E-state index contributed by atoms with van der Waals surface area (Å²) in [6, 6.07) is 0. The maximum atomic E-state index is 5.34. The smallest absolute Gasteiger partial charge is 0.0000805 e. The van der Waals surface area contributed by atoms with Gasteiger partial charge < -0.3 is 0 Å². The summed E-state index contributed by atoms with van der Waals surface area (Å²) in [6.45, 7) is 11.6. The van der Waals surface area contributed by atoms with E-state index in [0.717, 1.165) is 4.91 Å². The molecule has 0 amide bonds. The molecule has 0 atom stereocenters. The molecule has 2 N–H and O–H groups in total. The second-order valence-corrected chi connectivity index (χ2v) is 2.80. The standard InChI is InChI=1S/C8H13NS.C2H6/c1-4-5-6-7(2)8(3)10-9;1-2/h4-6H,1,9H2,2-3H3;1-2H3/b6-5-,8-7+;. The van der Waals surface area contributed by atoms with Crippen LogP contribution in [-0.4, -0.2) is 0 Å². The van der Waals surface area contributed by atoms with Gasteiger partial charge in [-0.05, 0) is 24.3 Å². The fourth-order valence-corrected chi connectivity index (χ4v) is 0.677. The van der Waals surface area contributed by atoms with Crippen LogP contribution in [0.4, 0.5) is 0 Å². The Morgan fingerprint density at radius 1 is 1.33 bits per heavy atom. The van der Waals surface area contributed by atoms with E-state index in [-0.39, 0.29) is 0 Å². The maximum absolute atomic E-state index is 5.34. The molecular formula is C10H19NS. The van der Waals surface area contributed by atoms with Gasteiger partial charge in [0.2, 0.25) is 0 Å². The minimum atomic E-state index is 1.14. The topological polar surface area (TPSA) is 26.0 Å².